The van der Waals surface area contributed by atoms with Crippen molar-refractivity contribution in [2.75, 3.05) is 20.8 Å². The Kier molecular flexibility index (Phi) is 5.14. The van der Waals surface area contributed by atoms with Crippen LogP contribution in [-0.2, 0) is 0 Å². The molecular formula is C25H27N3O3. The highest BCUT2D eigenvalue weighted by Crippen LogP contribution is 2.42. The van der Waals surface area contributed by atoms with E-state index in [1.54, 1.807) is 14.2 Å². The number of amides is 1. The lowest BCUT2D eigenvalue weighted by Crippen LogP contribution is -2.32. The van der Waals surface area contributed by atoms with Gasteiger partial charge in [0, 0.05) is 24.1 Å². The largest absolute Gasteiger partial charge is 0.497 e. The van der Waals surface area contributed by atoms with Gasteiger partial charge in [0.15, 0.2) is 0 Å². The molecule has 2 aromatic carbocycles. The quantitative estimate of drug-likeness (QED) is 0.581. The first-order valence-electron chi connectivity index (χ1n) is 10.9. The van der Waals surface area contributed by atoms with E-state index >= 15 is 0 Å². The van der Waals surface area contributed by atoms with Gasteiger partial charge in [0.1, 0.15) is 17.2 Å². The van der Waals surface area contributed by atoms with Crippen LogP contribution in [0.4, 0.5) is 0 Å². The maximum atomic E-state index is 13.8. The molecule has 0 N–H and O–H groups in total. The van der Waals surface area contributed by atoms with Crippen LogP contribution in [0.1, 0.15) is 59.4 Å². The second-order valence-corrected chi connectivity index (χ2v) is 8.24. The molecule has 6 heteroatoms. The molecule has 1 atom stereocenters. The van der Waals surface area contributed by atoms with Crippen LogP contribution in [0, 0.1) is 0 Å². The molecule has 0 spiro atoms. The Bertz CT molecular complexity index is 1090. The Morgan fingerprint density at radius 1 is 1.00 bits per heavy atom. The lowest BCUT2D eigenvalue weighted by atomic mass is 10.0. The summed E-state index contributed by atoms with van der Waals surface area (Å²) in [6.07, 6.45) is 4.16. The zero-order valence-corrected chi connectivity index (χ0v) is 18.0. The number of rotatable bonds is 6. The number of aromatic nitrogens is 2. The summed E-state index contributed by atoms with van der Waals surface area (Å²) in [5, 5.41) is 4.82. The second-order valence-electron chi connectivity index (χ2n) is 8.24. The molecule has 3 aromatic rings. The fourth-order valence-electron chi connectivity index (χ4n) is 4.47. The third-order valence-electron chi connectivity index (χ3n) is 6.26. The van der Waals surface area contributed by atoms with Gasteiger partial charge in [0.2, 0.25) is 0 Å². The Morgan fingerprint density at radius 3 is 2.52 bits per heavy atom. The highest BCUT2D eigenvalue weighted by atomic mass is 16.5. The number of para-hydroxylation sites is 1. The van der Waals surface area contributed by atoms with Crippen molar-refractivity contribution >= 4 is 5.91 Å². The monoisotopic (exact) mass is 417 g/mol. The molecule has 1 aliphatic heterocycles. The Hall–Kier alpha value is -3.28. The highest BCUT2D eigenvalue weighted by Gasteiger charge is 2.36. The minimum atomic E-state index is -0.0307. The molecular weight excluding hydrogens is 390 g/mol. The molecule has 1 aliphatic carbocycles. The average Bonchev–Trinajstić information content (AvgIpc) is 3.39. The molecule has 0 radical (unpaired) electrons. The van der Waals surface area contributed by atoms with Crippen molar-refractivity contribution < 1.29 is 14.3 Å². The normalized spacial score (nSPS) is 18.3. The molecule has 1 amide bonds. The minimum Gasteiger partial charge on any atom is -0.497 e. The fraction of sp³-hybridized carbons (Fsp3) is 0.360. The number of ether oxygens (including phenoxy) is 2. The molecule has 6 nitrogen and oxygen atoms in total. The van der Waals surface area contributed by atoms with Crippen molar-refractivity contribution in [3.8, 4) is 17.2 Å². The first-order chi connectivity index (χ1) is 15.2. The smallest absolute Gasteiger partial charge is 0.273 e. The number of likely N-dealkylation sites (tertiary alicyclic amines) is 1. The molecule has 2 fully saturated rings. The number of hydrogen-bond acceptors (Lipinski definition) is 4. The van der Waals surface area contributed by atoms with E-state index in [-0.39, 0.29) is 11.9 Å². The zero-order chi connectivity index (χ0) is 21.4. The summed E-state index contributed by atoms with van der Waals surface area (Å²) in [5.74, 6) is 1.99. The average molecular weight is 418 g/mol. The standard InChI is InChI=1S/C25H27N3O3/c1-30-19-12-13-20(24(15-19)31-2)22-9-6-14-27(22)25(29)23-16-21(17-10-11-17)26-28(23)18-7-4-3-5-8-18/h3-5,7-8,12-13,15-17,22H,6,9-11,14H2,1-2H3/t22-/m0/s1. The van der Waals surface area contributed by atoms with Gasteiger partial charge in [-0.05, 0) is 56.0 Å². The van der Waals surface area contributed by atoms with Crippen molar-refractivity contribution in [2.24, 2.45) is 0 Å². The van der Waals surface area contributed by atoms with Crippen molar-refractivity contribution in [1.82, 2.24) is 14.7 Å². The zero-order valence-electron chi connectivity index (χ0n) is 18.0. The Labute approximate surface area is 182 Å². The van der Waals surface area contributed by atoms with E-state index in [4.69, 9.17) is 14.6 Å². The molecule has 2 aliphatic rings. The predicted octanol–water partition coefficient (Wildman–Crippen LogP) is 4.74. The number of carbonyl (C=O) groups is 1. The van der Waals surface area contributed by atoms with Crippen molar-refractivity contribution in [3.05, 3.63) is 71.5 Å². The van der Waals surface area contributed by atoms with Crippen LogP contribution < -0.4 is 9.47 Å². The Balaban J connectivity index is 1.51. The summed E-state index contributed by atoms with van der Waals surface area (Å²) < 4.78 is 12.8. The van der Waals surface area contributed by atoms with E-state index in [2.05, 4.69) is 0 Å². The number of nitrogens with zero attached hydrogens (tertiary/aromatic N) is 3. The number of benzene rings is 2. The number of hydrogen-bond donors (Lipinski definition) is 0. The summed E-state index contributed by atoms with van der Waals surface area (Å²) in [5.41, 5.74) is 3.58. The Morgan fingerprint density at radius 2 is 1.81 bits per heavy atom. The topological polar surface area (TPSA) is 56.6 Å². The molecule has 1 saturated heterocycles. The lowest BCUT2D eigenvalue weighted by Gasteiger charge is -2.26. The van der Waals surface area contributed by atoms with Crippen LogP contribution in [0.5, 0.6) is 11.5 Å². The van der Waals surface area contributed by atoms with Gasteiger partial charge in [-0.1, -0.05) is 18.2 Å². The maximum Gasteiger partial charge on any atom is 0.273 e. The number of methoxy groups -OCH3 is 2. The minimum absolute atomic E-state index is 0.0172. The molecule has 0 bridgehead atoms. The predicted molar refractivity (Wildman–Crippen MR) is 118 cm³/mol. The van der Waals surface area contributed by atoms with E-state index in [0.29, 0.717) is 11.6 Å². The van der Waals surface area contributed by atoms with Gasteiger partial charge in [0.25, 0.3) is 5.91 Å². The van der Waals surface area contributed by atoms with Gasteiger partial charge in [-0.3, -0.25) is 4.79 Å². The van der Waals surface area contributed by atoms with Crippen molar-refractivity contribution in [2.45, 2.75) is 37.6 Å². The van der Waals surface area contributed by atoms with E-state index in [0.717, 1.165) is 60.7 Å². The third kappa shape index (κ3) is 3.67. The summed E-state index contributed by atoms with van der Waals surface area (Å²) in [6, 6.07) is 17.7. The molecule has 2 heterocycles. The van der Waals surface area contributed by atoms with E-state index < -0.39 is 0 Å². The van der Waals surface area contributed by atoms with Gasteiger partial charge in [0.05, 0.1) is 31.6 Å². The van der Waals surface area contributed by atoms with Crippen LogP contribution in [0.3, 0.4) is 0 Å². The fourth-order valence-corrected chi connectivity index (χ4v) is 4.47. The molecule has 5 rings (SSSR count). The van der Waals surface area contributed by atoms with Gasteiger partial charge in [-0.25, -0.2) is 4.68 Å². The molecule has 160 valence electrons. The van der Waals surface area contributed by atoms with E-state index in [1.165, 1.54) is 0 Å². The van der Waals surface area contributed by atoms with E-state index in [1.807, 2.05) is 64.2 Å². The van der Waals surface area contributed by atoms with Crippen molar-refractivity contribution in [1.29, 1.82) is 0 Å². The van der Waals surface area contributed by atoms with Crippen LogP contribution >= 0.6 is 0 Å². The van der Waals surface area contributed by atoms with Crippen molar-refractivity contribution in [3.63, 3.8) is 0 Å². The molecule has 1 aromatic heterocycles. The second kappa shape index (κ2) is 8.10. The first-order valence-corrected chi connectivity index (χ1v) is 10.9. The van der Waals surface area contributed by atoms with Crippen LogP contribution in [0.15, 0.2) is 54.6 Å². The molecule has 0 unspecified atom stereocenters. The van der Waals surface area contributed by atoms with E-state index in [9.17, 15) is 4.79 Å². The van der Waals surface area contributed by atoms with Crippen LogP contribution in [0.2, 0.25) is 0 Å². The molecule has 31 heavy (non-hydrogen) atoms. The summed E-state index contributed by atoms with van der Waals surface area (Å²) in [4.78, 5) is 15.8. The molecule has 1 saturated carbocycles. The SMILES string of the molecule is COc1ccc([C@@H]2CCCN2C(=O)c2cc(C3CC3)nn2-c2ccccc2)c(OC)c1. The number of carbonyl (C=O) groups excluding carboxylic acids is 1. The van der Waals surface area contributed by atoms with Gasteiger partial charge in [-0.2, -0.15) is 5.10 Å². The van der Waals surface area contributed by atoms with Gasteiger partial charge >= 0.3 is 0 Å². The summed E-state index contributed by atoms with van der Waals surface area (Å²) in [6.45, 7) is 0.720. The van der Waals surface area contributed by atoms with Crippen LogP contribution in [-0.4, -0.2) is 41.4 Å². The van der Waals surface area contributed by atoms with Crippen LogP contribution in [0.25, 0.3) is 5.69 Å². The summed E-state index contributed by atoms with van der Waals surface area (Å²) in [7, 11) is 3.30. The highest BCUT2D eigenvalue weighted by molar-refractivity contribution is 5.94. The first kappa shape index (κ1) is 19.7. The van der Waals surface area contributed by atoms with Gasteiger partial charge in [-0.15, -0.1) is 0 Å². The van der Waals surface area contributed by atoms with Gasteiger partial charge < -0.3 is 14.4 Å². The lowest BCUT2D eigenvalue weighted by molar-refractivity contribution is 0.0725. The summed E-state index contributed by atoms with van der Waals surface area (Å²) >= 11 is 0. The maximum absolute atomic E-state index is 13.8. The third-order valence-corrected chi connectivity index (χ3v) is 6.26.